The van der Waals surface area contributed by atoms with E-state index in [1.807, 2.05) is 0 Å². The molecule has 0 aromatic heterocycles. The summed E-state index contributed by atoms with van der Waals surface area (Å²) in [4.78, 5) is 35.7. The van der Waals surface area contributed by atoms with Gasteiger partial charge in [0, 0.05) is 11.3 Å². The summed E-state index contributed by atoms with van der Waals surface area (Å²) >= 11 is 0. The van der Waals surface area contributed by atoms with Crippen molar-refractivity contribution in [2.75, 3.05) is 11.9 Å². The SMILES string of the molecule is Cc1ccc(F)cc1NC(=O)COC(=O)C(C)NC(=O)c1ccccc1. The molecule has 136 valence electrons. The fraction of sp³-hybridized carbons (Fsp3) is 0.211. The first-order valence-corrected chi connectivity index (χ1v) is 7.95. The molecule has 0 aliphatic carbocycles. The van der Waals surface area contributed by atoms with E-state index in [9.17, 15) is 18.8 Å². The van der Waals surface area contributed by atoms with Crippen molar-refractivity contribution in [3.63, 3.8) is 0 Å². The number of hydrogen-bond donors (Lipinski definition) is 2. The lowest BCUT2D eigenvalue weighted by molar-refractivity contribution is -0.148. The van der Waals surface area contributed by atoms with Gasteiger partial charge in [0.25, 0.3) is 11.8 Å². The molecule has 0 fully saturated rings. The number of ether oxygens (including phenoxy) is 1. The molecule has 2 amide bonds. The molecule has 0 radical (unpaired) electrons. The second kappa shape index (κ2) is 8.75. The lowest BCUT2D eigenvalue weighted by Gasteiger charge is -2.14. The fourth-order valence-corrected chi connectivity index (χ4v) is 2.11. The Labute approximate surface area is 150 Å². The second-order valence-corrected chi connectivity index (χ2v) is 5.68. The number of nitrogens with one attached hydrogen (secondary N) is 2. The topological polar surface area (TPSA) is 84.5 Å². The molecule has 6 nitrogen and oxygen atoms in total. The molecule has 0 spiro atoms. The van der Waals surface area contributed by atoms with E-state index in [2.05, 4.69) is 10.6 Å². The Kier molecular flexibility index (Phi) is 6.43. The molecule has 0 saturated carbocycles. The third-order valence-corrected chi connectivity index (χ3v) is 3.56. The van der Waals surface area contributed by atoms with Crippen molar-refractivity contribution in [1.82, 2.24) is 5.32 Å². The number of amides is 2. The van der Waals surface area contributed by atoms with Gasteiger partial charge in [0.15, 0.2) is 6.61 Å². The Hall–Kier alpha value is -3.22. The van der Waals surface area contributed by atoms with E-state index in [0.29, 0.717) is 16.8 Å². The van der Waals surface area contributed by atoms with Crippen molar-refractivity contribution in [3.8, 4) is 0 Å². The number of rotatable bonds is 6. The van der Waals surface area contributed by atoms with Crippen molar-refractivity contribution in [1.29, 1.82) is 0 Å². The van der Waals surface area contributed by atoms with Gasteiger partial charge < -0.3 is 15.4 Å². The molecule has 2 aromatic carbocycles. The summed E-state index contributed by atoms with van der Waals surface area (Å²) in [5, 5.41) is 4.96. The average molecular weight is 358 g/mol. The Morgan fingerprint density at radius 3 is 2.50 bits per heavy atom. The lowest BCUT2D eigenvalue weighted by atomic mass is 10.2. The Bertz CT molecular complexity index is 808. The van der Waals surface area contributed by atoms with Crippen molar-refractivity contribution in [3.05, 3.63) is 65.5 Å². The molecule has 0 saturated heterocycles. The van der Waals surface area contributed by atoms with Gasteiger partial charge in [-0.25, -0.2) is 9.18 Å². The van der Waals surface area contributed by atoms with Crippen LogP contribution in [0.1, 0.15) is 22.8 Å². The summed E-state index contributed by atoms with van der Waals surface area (Å²) in [6.07, 6.45) is 0. The summed E-state index contributed by atoms with van der Waals surface area (Å²) in [5.41, 5.74) is 1.39. The largest absolute Gasteiger partial charge is 0.454 e. The predicted octanol–water partition coefficient (Wildman–Crippen LogP) is 2.43. The maximum Gasteiger partial charge on any atom is 0.328 e. The van der Waals surface area contributed by atoms with Crippen LogP contribution >= 0.6 is 0 Å². The number of esters is 1. The van der Waals surface area contributed by atoms with Crippen LogP contribution in [0, 0.1) is 12.7 Å². The second-order valence-electron chi connectivity index (χ2n) is 5.68. The van der Waals surface area contributed by atoms with E-state index in [-0.39, 0.29) is 0 Å². The van der Waals surface area contributed by atoms with Gasteiger partial charge in [-0.05, 0) is 43.7 Å². The predicted molar refractivity (Wildman–Crippen MR) is 94.1 cm³/mol. The van der Waals surface area contributed by atoms with E-state index >= 15 is 0 Å². The molecule has 2 N–H and O–H groups in total. The van der Waals surface area contributed by atoms with Gasteiger partial charge in [-0.2, -0.15) is 0 Å². The Morgan fingerprint density at radius 1 is 1.12 bits per heavy atom. The summed E-state index contributed by atoms with van der Waals surface area (Å²) < 4.78 is 18.1. The molecule has 2 aromatic rings. The van der Waals surface area contributed by atoms with E-state index in [1.165, 1.54) is 25.1 Å². The zero-order valence-electron chi connectivity index (χ0n) is 14.4. The van der Waals surface area contributed by atoms with Gasteiger partial charge in [0.1, 0.15) is 11.9 Å². The number of benzene rings is 2. The number of anilines is 1. The molecule has 0 aliphatic heterocycles. The van der Waals surface area contributed by atoms with Crippen LogP contribution in [0.4, 0.5) is 10.1 Å². The van der Waals surface area contributed by atoms with Gasteiger partial charge in [-0.1, -0.05) is 24.3 Å². The fourth-order valence-electron chi connectivity index (χ4n) is 2.11. The number of halogens is 1. The molecule has 7 heteroatoms. The third kappa shape index (κ3) is 5.41. The normalized spacial score (nSPS) is 11.3. The zero-order chi connectivity index (χ0) is 19.1. The van der Waals surface area contributed by atoms with E-state index in [4.69, 9.17) is 4.74 Å². The quantitative estimate of drug-likeness (QED) is 0.777. The van der Waals surface area contributed by atoms with E-state index in [1.54, 1.807) is 37.3 Å². The minimum atomic E-state index is -0.925. The smallest absolute Gasteiger partial charge is 0.328 e. The molecule has 1 atom stereocenters. The van der Waals surface area contributed by atoms with Gasteiger partial charge in [-0.3, -0.25) is 9.59 Å². The molecule has 26 heavy (non-hydrogen) atoms. The molecule has 0 bridgehead atoms. The Morgan fingerprint density at radius 2 is 1.81 bits per heavy atom. The summed E-state index contributed by atoms with van der Waals surface area (Å²) in [6.45, 7) is 2.63. The molecular weight excluding hydrogens is 339 g/mol. The van der Waals surface area contributed by atoms with Crippen LogP contribution in [0.15, 0.2) is 48.5 Å². The maximum absolute atomic E-state index is 13.2. The number of carbonyl (C=O) groups is 3. The highest BCUT2D eigenvalue weighted by Gasteiger charge is 2.19. The summed E-state index contributed by atoms with van der Waals surface area (Å²) in [7, 11) is 0. The van der Waals surface area contributed by atoms with Crippen molar-refractivity contribution in [2.45, 2.75) is 19.9 Å². The maximum atomic E-state index is 13.2. The zero-order valence-corrected chi connectivity index (χ0v) is 14.4. The van der Waals surface area contributed by atoms with Gasteiger partial charge >= 0.3 is 5.97 Å². The van der Waals surface area contributed by atoms with Gasteiger partial charge in [0.2, 0.25) is 0 Å². The third-order valence-electron chi connectivity index (χ3n) is 3.56. The number of aryl methyl sites for hydroxylation is 1. The highest BCUT2D eigenvalue weighted by molar-refractivity contribution is 5.97. The van der Waals surface area contributed by atoms with E-state index < -0.39 is 36.2 Å². The van der Waals surface area contributed by atoms with Crippen LogP contribution < -0.4 is 10.6 Å². The standard InChI is InChI=1S/C19H19FN2O4/c1-12-8-9-15(20)10-16(12)22-17(23)11-26-19(25)13(2)21-18(24)14-6-4-3-5-7-14/h3-10,13H,11H2,1-2H3,(H,21,24)(H,22,23). The minimum absolute atomic E-state index is 0.302. The number of hydrogen-bond acceptors (Lipinski definition) is 4. The number of carbonyl (C=O) groups excluding carboxylic acids is 3. The van der Waals surface area contributed by atoms with Crippen LogP contribution in [0.25, 0.3) is 0 Å². The first-order chi connectivity index (χ1) is 12.4. The van der Waals surface area contributed by atoms with Crippen LogP contribution in [-0.4, -0.2) is 30.4 Å². The minimum Gasteiger partial charge on any atom is -0.454 e. The van der Waals surface area contributed by atoms with Crippen molar-refractivity contribution in [2.24, 2.45) is 0 Å². The monoisotopic (exact) mass is 358 g/mol. The Balaban J connectivity index is 1.82. The van der Waals surface area contributed by atoms with Crippen molar-refractivity contribution < 1.29 is 23.5 Å². The van der Waals surface area contributed by atoms with E-state index in [0.717, 1.165) is 0 Å². The molecule has 1 unspecified atom stereocenters. The van der Waals surface area contributed by atoms with Crippen LogP contribution in [0.5, 0.6) is 0 Å². The first kappa shape index (κ1) is 19.1. The lowest BCUT2D eigenvalue weighted by Crippen LogP contribution is -2.40. The first-order valence-electron chi connectivity index (χ1n) is 7.95. The molecule has 0 heterocycles. The highest BCUT2D eigenvalue weighted by atomic mass is 19.1. The summed E-state index contributed by atoms with van der Waals surface area (Å²) in [6, 6.07) is 11.5. The van der Waals surface area contributed by atoms with Gasteiger partial charge in [0.05, 0.1) is 0 Å². The molecule has 0 aliphatic rings. The highest BCUT2D eigenvalue weighted by Crippen LogP contribution is 2.15. The summed E-state index contributed by atoms with van der Waals surface area (Å²) in [5.74, 6) is -2.26. The average Bonchev–Trinajstić information content (AvgIpc) is 2.63. The van der Waals surface area contributed by atoms with Crippen molar-refractivity contribution >= 4 is 23.5 Å². The van der Waals surface area contributed by atoms with Gasteiger partial charge in [-0.15, -0.1) is 0 Å². The van der Waals surface area contributed by atoms with Crippen LogP contribution in [0.2, 0.25) is 0 Å². The van der Waals surface area contributed by atoms with Crippen LogP contribution in [0.3, 0.4) is 0 Å². The van der Waals surface area contributed by atoms with Crippen LogP contribution in [-0.2, 0) is 14.3 Å². The molecule has 2 rings (SSSR count). The molecular formula is C19H19FN2O4.